The molecule has 0 aliphatic rings. The van der Waals surface area contributed by atoms with Crippen LogP contribution >= 0.6 is 15.9 Å². The van der Waals surface area contributed by atoms with Crippen molar-refractivity contribution in [1.29, 1.82) is 0 Å². The van der Waals surface area contributed by atoms with Crippen molar-refractivity contribution in [3.05, 3.63) is 52.1 Å². The highest BCUT2D eigenvalue weighted by molar-refractivity contribution is 9.10. The molecule has 5 nitrogen and oxygen atoms in total. The quantitative estimate of drug-likeness (QED) is 0.840. The topological polar surface area (TPSA) is 77.2 Å². The molecule has 0 radical (unpaired) electrons. The summed E-state index contributed by atoms with van der Waals surface area (Å²) in [5, 5.41) is 3.14. The number of carbonyl (C=O) groups is 1. The second kappa shape index (κ2) is 6.38. The van der Waals surface area contributed by atoms with Gasteiger partial charge in [0.05, 0.1) is 24.6 Å². The highest BCUT2D eigenvalue weighted by Crippen LogP contribution is 2.17. The molecule has 0 unspecified atom stereocenters. The predicted octanol–water partition coefficient (Wildman–Crippen LogP) is 2.83. The maximum atomic E-state index is 11.5. The van der Waals surface area contributed by atoms with E-state index in [0.717, 1.165) is 10.0 Å². The van der Waals surface area contributed by atoms with Crippen molar-refractivity contribution in [2.75, 3.05) is 18.2 Å². The Morgan fingerprint density at radius 3 is 2.95 bits per heavy atom. The van der Waals surface area contributed by atoms with E-state index in [0.29, 0.717) is 23.6 Å². The first-order valence-corrected chi connectivity index (χ1v) is 6.71. The van der Waals surface area contributed by atoms with Crippen LogP contribution in [-0.4, -0.2) is 18.1 Å². The number of aromatic nitrogens is 1. The van der Waals surface area contributed by atoms with Crippen LogP contribution in [0.3, 0.4) is 0 Å². The van der Waals surface area contributed by atoms with Crippen molar-refractivity contribution in [3.8, 4) is 0 Å². The van der Waals surface area contributed by atoms with Crippen molar-refractivity contribution in [3.63, 3.8) is 0 Å². The summed E-state index contributed by atoms with van der Waals surface area (Å²) in [6.45, 7) is 0.594. The van der Waals surface area contributed by atoms with Gasteiger partial charge in [-0.15, -0.1) is 0 Å². The van der Waals surface area contributed by atoms with Gasteiger partial charge in [0.25, 0.3) is 0 Å². The lowest BCUT2D eigenvalue weighted by Crippen LogP contribution is -2.08. The molecular formula is C14H14BrN3O2. The molecule has 0 saturated carbocycles. The Kier molecular flexibility index (Phi) is 4.57. The molecule has 0 aliphatic carbocycles. The van der Waals surface area contributed by atoms with Crippen molar-refractivity contribution in [2.45, 2.75) is 6.54 Å². The normalized spacial score (nSPS) is 10.1. The van der Waals surface area contributed by atoms with E-state index >= 15 is 0 Å². The standard InChI is InChI=1S/C14H14BrN3O2/c1-20-14(19)11-6-13(18-8-12(11)16)17-7-9-3-2-4-10(15)5-9/h2-6,8H,7,16H2,1H3,(H,17,18). The highest BCUT2D eigenvalue weighted by atomic mass is 79.9. The van der Waals surface area contributed by atoms with Crippen LogP contribution in [0.4, 0.5) is 11.5 Å². The molecule has 0 fully saturated rings. The molecule has 0 atom stereocenters. The van der Waals surface area contributed by atoms with E-state index in [9.17, 15) is 4.79 Å². The molecule has 2 aromatic rings. The van der Waals surface area contributed by atoms with Crippen LogP contribution in [0.5, 0.6) is 0 Å². The van der Waals surface area contributed by atoms with E-state index in [2.05, 4.69) is 31.0 Å². The average molecular weight is 336 g/mol. The summed E-state index contributed by atoms with van der Waals surface area (Å²) in [6, 6.07) is 9.50. The van der Waals surface area contributed by atoms with E-state index in [1.807, 2.05) is 24.3 Å². The van der Waals surface area contributed by atoms with Crippen molar-refractivity contribution in [1.82, 2.24) is 4.98 Å². The van der Waals surface area contributed by atoms with Gasteiger partial charge < -0.3 is 15.8 Å². The molecule has 104 valence electrons. The van der Waals surface area contributed by atoms with Crippen molar-refractivity contribution in [2.24, 2.45) is 0 Å². The van der Waals surface area contributed by atoms with Gasteiger partial charge in [-0.2, -0.15) is 0 Å². The molecule has 1 aromatic carbocycles. The third-order valence-electron chi connectivity index (χ3n) is 2.70. The van der Waals surface area contributed by atoms with Crippen molar-refractivity contribution < 1.29 is 9.53 Å². The molecule has 0 amide bonds. The zero-order chi connectivity index (χ0) is 14.5. The Morgan fingerprint density at radius 2 is 2.25 bits per heavy atom. The Hall–Kier alpha value is -2.08. The number of esters is 1. The van der Waals surface area contributed by atoms with Crippen LogP contribution < -0.4 is 11.1 Å². The summed E-state index contributed by atoms with van der Waals surface area (Å²) < 4.78 is 5.68. The number of rotatable bonds is 4. The van der Waals surface area contributed by atoms with E-state index in [1.54, 1.807) is 6.07 Å². The third-order valence-corrected chi connectivity index (χ3v) is 3.20. The molecule has 0 spiro atoms. The van der Waals surface area contributed by atoms with Gasteiger partial charge in [0.2, 0.25) is 0 Å². The maximum Gasteiger partial charge on any atom is 0.340 e. The molecule has 1 heterocycles. The van der Waals surface area contributed by atoms with Crippen LogP contribution in [0.15, 0.2) is 41.0 Å². The fraction of sp³-hybridized carbons (Fsp3) is 0.143. The number of hydrogen-bond donors (Lipinski definition) is 2. The monoisotopic (exact) mass is 335 g/mol. The number of methoxy groups -OCH3 is 1. The average Bonchev–Trinajstić information content (AvgIpc) is 2.45. The zero-order valence-electron chi connectivity index (χ0n) is 10.9. The number of nitrogens with one attached hydrogen (secondary N) is 1. The number of nitrogens with zero attached hydrogens (tertiary/aromatic N) is 1. The van der Waals surface area contributed by atoms with E-state index < -0.39 is 5.97 Å². The first-order chi connectivity index (χ1) is 9.60. The van der Waals surface area contributed by atoms with Gasteiger partial charge in [0, 0.05) is 11.0 Å². The van der Waals surface area contributed by atoms with Crippen LogP contribution in [0.2, 0.25) is 0 Å². The van der Waals surface area contributed by atoms with Gasteiger partial charge in [-0.3, -0.25) is 0 Å². The summed E-state index contributed by atoms with van der Waals surface area (Å²) in [7, 11) is 1.32. The number of anilines is 2. The molecule has 0 bridgehead atoms. The lowest BCUT2D eigenvalue weighted by molar-refractivity contribution is 0.0602. The number of pyridine rings is 1. The summed E-state index contributed by atoms with van der Waals surface area (Å²) in [6.07, 6.45) is 1.44. The number of carbonyl (C=O) groups excluding carboxylic acids is 1. The van der Waals surface area contributed by atoms with E-state index in [-0.39, 0.29) is 0 Å². The number of benzene rings is 1. The molecular weight excluding hydrogens is 322 g/mol. The Balaban J connectivity index is 2.12. The van der Waals surface area contributed by atoms with Gasteiger partial charge in [-0.25, -0.2) is 9.78 Å². The Morgan fingerprint density at radius 1 is 1.45 bits per heavy atom. The lowest BCUT2D eigenvalue weighted by atomic mass is 10.2. The van der Waals surface area contributed by atoms with Gasteiger partial charge in [-0.1, -0.05) is 28.1 Å². The van der Waals surface area contributed by atoms with Gasteiger partial charge >= 0.3 is 5.97 Å². The van der Waals surface area contributed by atoms with Crippen LogP contribution in [-0.2, 0) is 11.3 Å². The minimum Gasteiger partial charge on any atom is -0.465 e. The molecule has 20 heavy (non-hydrogen) atoms. The third kappa shape index (κ3) is 3.48. The zero-order valence-corrected chi connectivity index (χ0v) is 12.5. The largest absolute Gasteiger partial charge is 0.465 e. The number of ether oxygens (including phenoxy) is 1. The summed E-state index contributed by atoms with van der Waals surface area (Å²) >= 11 is 3.42. The van der Waals surface area contributed by atoms with Crippen LogP contribution in [0, 0.1) is 0 Å². The summed E-state index contributed by atoms with van der Waals surface area (Å²) in [5.74, 6) is 0.0926. The fourth-order valence-corrected chi connectivity index (χ4v) is 2.14. The SMILES string of the molecule is COC(=O)c1cc(NCc2cccc(Br)c2)ncc1N. The Labute approximate surface area is 125 Å². The molecule has 6 heteroatoms. The highest BCUT2D eigenvalue weighted by Gasteiger charge is 2.11. The van der Waals surface area contributed by atoms with E-state index in [1.165, 1.54) is 13.3 Å². The molecule has 2 rings (SSSR count). The number of halogens is 1. The fourth-order valence-electron chi connectivity index (χ4n) is 1.69. The number of nitrogens with two attached hydrogens (primary N) is 1. The molecule has 1 aromatic heterocycles. The number of nitrogen functional groups attached to an aromatic ring is 1. The van der Waals surface area contributed by atoms with E-state index in [4.69, 9.17) is 5.73 Å². The number of hydrogen-bond acceptors (Lipinski definition) is 5. The molecule has 3 N–H and O–H groups in total. The predicted molar refractivity (Wildman–Crippen MR) is 81.5 cm³/mol. The van der Waals surface area contributed by atoms with Crippen molar-refractivity contribution >= 4 is 33.4 Å². The first-order valence-electron chi connectivity index (χ1n) is 5.92. The maximum absolute atomic E-state index is 11.5. The molecule has 0 saturated heterocycles. The minimum atomic E-state index is -0.476. The van der Waals surface area contributed by atoms with Crippen LogP contribution in [0.25, 0.3) is 0 Å². The smallest absolute Gasteiger partial charge is 0.340 e. The summed E-state index contributed by atoms with van der Waals surface area (Å²) in [5.41, 5.74) is 7.39. The van der Waals surface area contributed by atoms with Crippen LogP contribution in [0.1, 0.15) is 15.9 Å². The van der Waals surface area contributed by atoms with Gasteiger partial charge in [-0.05, 0) is 23.8 Å². The van der Waals surface area contributed by atoms with Gasteiger partial charge in [0.15, 0.2) is 0 Å². The lowest BCUT2D eigenvalue weighted by Gasteiger charge is -2.09. The second-order valence-corrected chi connectivity index (χ2v) is 5.05. The molecule has 0 aliphatic heterocycles. The van der Waals surface area contributed by atoms with Gasteiger partial charge in [0.1, 0.15) is 5.82 Å². The first kappa shape index (κ1) is 14.3. The minimum absolute atomic E-state index is 0.296. The Bertz CT molecular complexity index is 632. The second-order valence-electron chi connectivity index (χ2n) is 4.13. The summed E-state index contributed by atoms with van der Waals surface area (Å²) in [4.78, 5) is 15.7.